The first-order valence-corrected chi connectivity index (χ1v) is 6.78. The maximum Gasteiger partial charge on any atom is 0.146 e. The molecule has 0 bridgehead atoms. The Morgan fingerprint density at radius 3 is 2.53 bits per heavy atom. The molecule has 19 heavy (non-hydrogen) atoms. The van der Waals surface area contributed by atoms with Crippen LogP contribution in [0.1, 0.15) is 12.5 Å². The third-order valence-electron chi connectivity index (χ3n) is 2.63. The summed E-state index contributed by atoms with van der Waals surface area (Å²) in [6.45, 7) is 1.96. The highest BCUT2D eigenvalue weighted by molar-refractivity contribution is 6.35. The average molecular weight is 296 g/mol. The van der Waals surface area contributed by atoms with Crippen molar-refractivity contribution in [1.29, 1.82) is 0 Å². The largest absolute Gasteiger partial charge is 0.456 e. The Bertz CT molecular complexity index is 570. The molecule has 0 aromatic heterocycles. The topological polar surface area (TPSA) is 35.2 Å². The van der Waals surface area contributed by atoms with E-state index < -0.39 is 0 Å². The molecule has 2 aromatic rings. The van der Waals surface area contributed by atoms with Gasteiger partial charge in [-0.2, -0.15) is 0 Å². The van der Waals surface area contributed by atoms with Crippen LogP contribution < -0.4 is 10.5 Å². The van der Waals surface area contributed by atoms with Crippen molar-refractivity contribution >= 4 is 23.2 Å². The first-order valence-electron chi connectivity index (χ1n) is 6.02. The first kappa shape index (κ1) is 14.2. The molecule has 2 rings (SSSR count). The highest BCUT2D eigenvalue weighted by Crippen LogP contribution is 2.33. The predicted octanol–water partition coefficient (Wildman–Crippen LogP) is 4.68. The van der Waals surface area contributed by atoms with Gasteiger partial charge in [0.05, 0.1) is 5.02 Å². The van der Waals surface area contributed by atoms with E-state index in [1.807, 2.05) is 31.2 Å². The van der Waals surface area contributed by atoms with Crippen LogP contribution in [0.2, 0.25) is 10.0 Å². The van der Waals surface area contributed by atoms with E-state index in [2.05, 4.69) is 0 Å². The smallest absolute Gasteiger partial charge is 0.146 e. The molecule has 0 heterocycles. The van der Waals surface area contributed by atoms with Crippen LogP contribution in [0.4, 0.5) is 0 Å². The molecule has 1 atom stereocenters. The van der Waals surface area contributed by atoms with E-state index in [4.69, 9.17) is 33.7 Å². The minimum absolute atomic E-state index is 0.0745. The molecule has 2 aromatic carbocycles. The normalized spacial score (nSPS) is 12.2. The van der Waals surface area contributed by atoms with Crippen LogP contribution in [0.3, 0.4) is 0 Å². The first-order chi connectivity index (χ1) is 9.06. The summed E-state index contributed by atoms with van der Waals surface area (Å²) in [7, 11) is 0. The summed E-state index contributed by atoms with van der Waals surface area (Å²) in [5, 5.41) is 1.07. The zero-order chi connectivity index (χ0) is 13.8. The van der Waals surface area contributed by atoms with Crippen molar-refractivity contribution in [3.8, 4) is 11.5 Å². The van der Waals surface area contributed by atoms with Crippen molar-refractivity contribution in [2.45, 2.75) is 19.4 Å². The lowest BCUT2D eigenvalue weighted by atomic mass is 10.1. The Kier molecular flexibility index (Phi) is 4.70. The molecule has 0 spiro atoms. The predicted molar refractivity (Wildman–Crippen MR) is 80.3 cm³/mol. The lowest BCUT2D eigenvalue weighted by molar-refractivity contribution is 0.474. The number of benzene rings is 2. The van der Waals surface area contributed by atoms with Gasteiger partial charge in [0.1, 0.15) is 11.5 Å². The Hall–Kier alpha value is -1.22. The second-order valence-electron chi connectivity index (χ2n) is 4.47. The molecule has 0 fully saturated rings. The molecule has 2 nitrogen and oxygen atoms in total. The van der Waals surface area contributed by atoms with Gasteiger partial charge in [0.15, 0.2) is 0 Å². The molecule has 0 radical (unpaired) electrons. The molecular formula is C15H15Cl2NO. The van der Waals surface area contributed by atoms with Crippen LogP contribution in [-0.4, -0.2) is 6.04 Å². The van der Waals surface area contributed by atoms with Crippen LogP contribution >= 0.6 is 23.2 Å². The Morgan fingerprint density at radius 2 is 1.84 bits per heavy atom. The van der Waals surface area contributed by atoms with E-state index in [0.717, 1.165) is 17.7 Å². The van der Waals surface area contributed by atoms with Gasteiger partial charge < -0.3 is 10.5 Å². The summed E-state index contributed by atoms with van der Waals surface area (Å²) in [5.74, 6) is 1.35. The van der Waals surface area contributed by atoms with Crippen LogP contribution in [0, 0.1) is 0 Å². The fourth-order valence-electron chi connectivity index (χ4n) is 1.80. The quantitative estimate of drug-likeness (QED) is 0.889. The van der Waals surface area contributed by atoms with Gasteiger partial charge in [0, 0.05) is 11.1 Å². The van der Waals surface area contributed by atoms with E-state index >= 15 is 0 Å². The van der Waals surface area contributed by atoms with Gasteiger partial charge in [-0.25, -0.2) is 0 Å². The minimum Gasteiger partial charge on any atom is -0.456 e. The molecule has 2 N–H and O–H groups in total. The number of ether oxygens (including phenoxy) is 1. The highest BCUT2D eigenvalue weighted by atomic mass is 35.5. The Balaban J connectivity index is 2.27. The molecular weight excluding hydrogens is 281 g/mol. The average Bonchev–Trinajstić information content (AvgIpc) is 2.34. The summed E-state index contributed by atoms with van der Waals surface area (Å²) < 4.78 is 5.85. The van der Waals surface area contributed by atoms with E-state index in [1.54, 1.807) is 18.2 Å². The van der Waals surface area contributed by atoms with Crippen molar-refractivity contribution in [2.24, 2.45) is 5.73 Å². The summed E-state index contributed by atoms with van der Waals surface area (Å²) >= 11 is 12.0. The van der Waals surface area contributed by atoms with Gasteiger partial charge in [0.2, 0.25) is 0 Å². The number of nitrogens with two attached hydrogens (primary N) is 1. The lowest BCUT2D eigenvalue weighted by Crippen LogP contribution is -2.18. The van der Waals surface area contributed by atoms with Crippen molar-refractivity contribution in [1.82, 2.24) is 0 Å². The Labute approximate surface area is 123 Å². The summed E-state index contributed by atoms with van der Waals surface area (Å²) in [4.78, 5) is 0. The lowest BCUT2D eigenvalue weighted by Gasteiger charge is -2.13. The number of hydrogen-bond acceptors (Lipinski definition) is 2. The maximum absolute atomic E-state index is 6.10. The monoisotopic (exact) mass is 295 g/mol. The van der Waals surface area contributed by atoms with Crippen LogP contribution in [0.25, 0.3) is 0 Å². The zero-order valence-electron chi connectivity index (χ0n) is 10.6. The van der Waals surface area contributed by atoms with Crippen molar-refractivity contribution in [2.75, 3.05) is 0 Å². The van der Waals surface area contributed by atoms with E-state index in [9.17, 15) is 0 Å². The van der Waals surface area contributed by atoms with E-state index in [0.29, 0.717) is 15.8 Å². The van der Waals surface area contributed by atoms with Gasteiger partial charge >= 0.3 is 0 Å². The molecule has 0 aliphatic rings. The number of hydrogen-bond donors (Lipinski definition) is 1. The summed E-state index contributed by atoms with van der Waals surface area (Å²) in [5.41, 5.74) is 6.90. The van der Waals surface area contributed by atoms with Crippen LogP contribution in [0.5, 0.6) is 11.5 Å². The van der Waals surface area contributed by atoms with Gasteiger partial charge in [-0.15, -0.1) is 0 Å². The van der Waals surface area contributed by atoms with Gasteiger partial charge in [0.25, 0.3) is 0 Å². The molecule has 0 aliphatic heterocycles. The molecule has 1 unspecified atom stereocenters. The van der Waals surface area contributed by atoms with Gasteiger partial charge in [-0.3, -0.25) is 0 Å². The van der Waals surface area contributed by atoms with Crippen LogP contribution in [-0.2, 0) is 6.42 Å². The standard InChI is InChI=1S/C15H15Cl2NO/c1-10(18)8-11-4-2-3-5-14(11)19-15-7-6-12(16)9-13(15)17/h2-7,9-10H,8,18H2,1H3. The fraction of sp³-hybridized carbons (Fsp3) is 0.200. The second kappa shape index (κ2) is 6.29. The zero-order valence-corrected chi connectivity index (χ0v) is 12.1. The third kappa shape index (κ3) is 3.87. The molecule has 0 amide bonds. The van der Waals surface area contributed by atoms with Crippen molar-refractivity contribution < 1.29 is 4.74 Å². The summed E-state index contributed by atoms with van der Waals surface area (Å²) in [6, 6.07) is 13.0. The van der Waals surface area contributed by atoms with Crippen LogP contribution in [0.15, 0.2) is 42.5 Å². The number of rotatable bonds is 4. The third-order valence-corrected chi connectivity index (χ3v) is 3.16. The number of halogens is 2. The Morgan fingerprint density at radius 1 is 1.11 bits per heavy atom. The summed E-state index contributed by atoms with van der Waals surface area (Å²) in [6.07, 6.45) is 0.751. The van der Waals surface area contributed by atoms with E-state index in [1.165, 1.54) is 0 Å². The molecule has 0 saturated carbocycles. The van der Waals surface area contributed by atoms with Gasteiger partial charge in [-0.05, 0) is 43.2 Å². The van der Waals surface area contributed by atoms with Crippen molar-refractivity contribution in [3.63, 3.8) is 0 Å². The highest BCUT2D eigenvalue weighted by Gasteiger charge is 2.09. The maximum atomic E-state index is 6.10. The minimum atomic E-state index is 0.0745. The molecule has 0 aliphatic carbocycles. The van der Waals surface area contributed by atoms with E-state index in [-0.39, 0.29) is 6.04 Å². The SMILES string of the molecule is CC(N)Cc1ccccc1Oc1ccc(Cl)cc1Cl. The molecule has 4 heteroatoms. The van der Waals surface area contributed by atoms with Crippen molar-refractivity contribution in [3.05, 3.63) is 58.1 Å². The molecule has 0 saturated heterocycles. The molecule has 100 valence electrons. The second-order valence-corrected chi connectivity index (χ2v) is 5.31. The van der Waals surface area contributed by atoms with Gasteiger partial charge in [-0.1, -0.05) is 41.4 Å². The fourth-order valence-corrected chi connectivity index (χ4v) is 2.24. The number of para-hydroxylation sites is 1.